The van der Waals surface area contributed by atoms with Crippen molar-refractivity contribution in [2.75, 3.05) is 19.0 Å². The van der Waals surface area contributed by atoms with E-state index in [1.165, 1.54) is 26.4 Å². The molecule has 0 unspecified atom stereocenters. The maximum Gasteiger partial charge on any atom is 0.317 e. The van der Waals surface area contributed by atoms with Crippen molar-refractivity contribution in [1.82, 2.24) is 4.90 Å². The Labute approximate surface area is 231 Å². The molecule has 0 radical (unpaired) electrons. The molecule has 1 N–H and O–H groups in total. The van der Waals surface area contributed by atoms with E-state index in [9.17, 15) is 19.2 Å². The molecule has 0 atom stereocenters. The highest BCUT2D eigenvalue weighted by Gasteiger charge is 2.55. The quantitative estimate of drug-likeness (QED) is 0.278. The molecule has 1 heterocycles. The summed E-state index contributed by atoms with van der Waals surface area (Å²) in [4.78, 5) is 52.3. The second-order valence-electron chi connectivity index (χ2n) is 11.2. The number of nitrogens with one attached hydrogen (secondary N) is 1. The van der Waals surface area contributed by atoms with Crippen molar-refractivity contribution in [3.05, 3.63) is 59.0 Å². The number of imide groups is 1. The largest absolute Gasteiger partial charge is 0.493 e. The van der Waals surface area contributed by atoms with Crippen molar-refractivity contribution in [2.45, 2.75) is 38.5 Å². The van der Waals surface area contributed by atoms with Crippen LogP contribution in [-0.4, -0.2) is 41.6 Å². The van der Waals surface area contributed by atoms with Crippen LogP contribution in [0.15, 0.2) is 53.4 Å². The van der Waals surface area contributed by atoms with E-state index in [4.69, 9.17) is 9.47 Å². The van der Waals surface area contributed by atoms with Gasteiger partial charge in [-0.1, -0.05) is 24.3 Å². The van der Waals surface area contributed by atoms with E-state index >= 15 is 0 Å². The molecule has 39 heavy (non-hydrogen) atoms. The number of hydrogen-bond acceptors (Lipinski definition) is 7. The zero-order valence-electron chi connectivity index (χ0n) is 21.7. The standard InChI is InChI=1S/C30H30N2O6S/c1-37-24-12-18(7-8-23(24)38-28(35)30-14-19-9-20(15-30)11-21(10-19)16-30)13-25-27(34)32(29(36)39-25)17-26(33)31-22-5-3-2-4-6-22/h2-8,12-13,19-21H,9-11,14-17H2,1H3,(H,31,33)/b25-13-. The molecule has 3 amide bonds. The predicted octanol–water partition coefficient (Wildman–Crippen LogP) is 5.49. The van der Waals surface area contributed by atoms with Gasteiger partial charge in [0, 0.05) is 5.69 Å². The van der Waals surface area contributed by atoms with Crippen molar-refractivity contribution in [1.29, 1.82) is 0 Å². The first-order valence-electron chi connectivity index (χ1n) is 13.3. The topological polar surface area (TPSA) is 102 Å². The van der Waals surface area contributed by atoms with Gasteiger partial charge in [0.15, 0.2) is 11.5 Å². The van der Waals surface area contributed by atoms with Crippen molar-refractivity contribution in [3.63, 3.8) is 0 Å². The monoisotopic (exact) mass is 546 g/mol. The molecule has 9 heteroatoms. The van der Waals surface area contributed by atoms with E-state index in [-0.39, 0.29) is 22.8 Å². The van der Waals surface area contributed by atoms with Crippen molar-refractivity contribution in [3.8, 4) is 11.5 Å². The average Bonchev–Trinajstić information content (AvgIpc) is 3.16. The number of nitrogens with zero attached hydrogens (tertiary/aromatic N) is 1. The number of hydrogen-bond donors (Lipinski definition) is 1. The van der Waals surface area contributed by atoms with Crippen LogP contribution in [0.2, 0.25) is 0 Å². The molecule has 4 bridgehead atoms. The van der Waals surface area contributed by atoms with Gasteiger partial charge in [-0.25, -0.2) is 0 Å². The summed E-state index contributed by atoms with van der Waals surface area (Å²) in [6.07, 6.45) is 8.05. The smallest absolute Gasteiger partial charge is 0.317 e. The summed E-state index contributed by atoms with van der Waals surface area (Å²) in [5.41, 5.74) is 0.811. The zero-order chi connectivity index (χ0) is 27.1. The summed E-state index contributed by atoms with van der Waals surface area (Å²) >= 11 is 0.778. The minimum Gasteiger partial charge on any atom is -0.493 e. The second-order valence-corrected chi connectivity index (χ2v) is 12.2. The minimum absolute atomic E-state index is 0.164. The van der Waals surface area contributed by atoms with Crippen LogP contribution in [0.4, 0.5) is 10.5 Å². The normalized spacial score (nSPS) is 28.2. The summed E-state index contributed by atoms with van der Waals surface area (Å²) in [6.45, 7) is -0.376. The molecule has 2 aromatic rings. The van der Waals surface area contributed by atoms with Crippen LogP contribution in [0.5, 0.6) is 11.5 Å². The number of para-hydroxylation sites is 1. The molecule has 8 nitrogen and oxygen atoms in total. The fourth-order valence-electron chi connectivity index (χ4n) is 7.08. The number of ether oxygens (including phenoxy) is 2. The molecule has 1 aliphatic heterocycles. The van der Waals surface area contributed by atoms with Crippen molar-refractivity contribution in [2.24, 2.45) is 23.2 Å². The fourth-order valence-corrected chi connectivity index (χ4v) is 7.92. The van der Waals surface area contributed by atoms with Crippen LogP contribution in [0.25, 0.3) is 6.08 Å². The summed E-state index contributed by atoms with van der Waals surface area (Å²) in [5, 5.41) is 2.17. The van der Waals surface area contributed by atoms with Crippen LogP contribution in [0, 0.1) is 23.2 Å². The van der Waals surface area contributed by atoms with Gasteiger partial charge in [-0.3, -0.25) is 24.1 Å². The molecule has 0 aromatic heterocycles. The first-order valence-corrected chi connectivity index (χ1v) is 14.1. The Morgan fingerprint density at radius 2 is 1.67 bits per heavy atom. The summed E-state index contributed by atoms with van der Waals surface area (Å²) in [5.74, 6) is 1.46. The number of amides is 3. The van der Waals surface area contributed by atoms with Gasteiger partial charge in [-0.15, -0.1) is 0 Å². The van der Waals surface area contributed by atoms with Gasteiger partial charge in [-0.2, -0.15) is 0 Å². The van der Waals surface area contributed by atoms with E-state index < -0.39 is 17.1 Å². The lowest BCUT2D eigenvalue weighted by atomic mass is 9.49. The SMILES string of the molecule is COc1cc(/C=C2\SC(=O)N(CC(=O)Nc3ccccc3)C2=O)ccc1OC(=O)C12CC3CC(CC(C3)C1)C2. The van der Waals surface area contributed by atoms with E-state index in [2.05, 4.69) is 5.32 Å². The highest BCUT2D eigenvalue weighted by Crippen LogP contribution is 2.60. The van der Waals surface area contributed by atoms with Gasteiger partial charge in [0.1, 0.15) is 6.54 Å². The molecule has 7 rings (SSSR count). The number of thioether (sulfide) groups is 1. The number of carbonyl (C=O) groups is 4. The third-order valence-corrected chi connectivity index (χ3v) is 9.30. The van der Waals surface area contributed by atoms with Crippen molar-refractivity contribution < 1.29 is 28.7 Å². The highest BCUT2D eigenvalue weighted by molar-refractivity contribution is 8.18. The summed E-state index contributed by atoms with van der Waals surface area (Å²) in [7, 11) is 1.50. The lowest BCUT2D eigenvalue weighted by Gasteiger charge is -2.55. The van der Waals surface area contributed by atoms with Crippen LogP contribution in [-0.2, 0) is 14.4 Å². The number of methoxy groups -OCH3 is 1. The van der Waals surface area contributed by atoms with Crippen LogP contribution >= 0.6 is 11.8 Å². The highest BCUT2D eigenvalue weighted by atomic mass is 32.2. The lowest BCUT2D eigenvalue weighted by Crippen LogP contribution is -2.51. The van der Waals surface area contributed by atoms with Crippen LogP contribution in [0.3, 0.4) is 0 Å². The Morgan fingerprint density at radius 3 is 2.31 bits per heavy atom. The maximum absolute atomic E-state index is 13.4. The van der Waals surface area contributed by atoms with E-state index in [1.807, 2.05) is 6.07 Å². The van der Waals surface area contributed by atoms with E-state index in [0.717, 1.165) is 35.9 Å². The first kappa shape index (κ1) is 25.7. The molecule has 5 aliphatic rings. The van der Waals surface area contributed by atoms with Gasteiger partial charge in [0.05, 0.1) is 17.4 Å². The molecule has 4 aliphatic carbocycles. The number of benzene rings is 2. The maximum atomic E-state index is 13.4. The van der Waals surface area contributed by atoms with E-state index in [1.54, 1.807) is 48.5 Å². The van der Waals surface area contributed by atoms with Gasteiger partial charge < -0.3 is 14.8 Å². The predicted molar refractivity (Wildman–Crippen MR) is 147 cm³/mol. The molecular weight excluding hydrogens is 516 g/mol. The number of carbonyl (C=O) groups excluding carboxylic acids is 4. The molecule has 2 aromatic carbocycles. The molecule has 0 spiro atoms. The first-order chi connectivity index (χ1) is 18.8. The fraction of sp³-hybridized carbons (Fsp3) is 0.400. The Balaban J connectivity index is 1.14. The zero-order valence-corrected chi connectivity index (χ0v) is 22.5. The van der Waals surface area contributed by atoms with Crippen LogP contribution < -0.4 is 14.8 Å². The Hall–Kier alpha value is -3.59. The third-order valence-electron chi connectivity index (χ3n) is 8.39. The molecule has 5 fully saturated rings. The summed E-state index contributed by atoms with van der Waals surface area (Å²) < 4.78 is 11.5. The molecule has 202 valence electrons. The summed E-state index contributed by atoms with van der Waals surface area (Å²) in [6, 6.07) is 13.9. The minimum atomic E-state index is -0.538. The average molecular weight is 547 g/mol. The van der Waals surface area contributed by atoms with Crippen molar-refractivity contribution >= 4 is 46.5 Å². The van der Waals surface area contributed by atoms with Gasteiger partial charge in [0.2, 0.25) is 5.91 Å². The van der Waals surface area contributed by atoms with Crippen LogP contribution in [0.1, 0.15) is 44.1 Å². The Morgan fingerprint density at radius 1 is 1.00 bits per heavy atom. The molecule has 4 saturated carbocycles. The Kier molecular flexibility index (Phi) is 6.71. The molecular formula is C30H30N2O6S. The third kappa shape index (κ3) is 5.07. The van der Waals surface area contributed by atoms with Gasteiger partial charge >= 0.3 is 5.97 Å². The number of esters is 1. The number of anilines is 1. The number of rotatable bonds is 7. The van der Waals surface area contributed by atoms with E-state index in [0.29, 0.717) is 40.5 Å². The molecule has 1 saturated heterocycles. The lowest BCUT2D eigenvalue weighted by molar-refractivity contribution is -0.161. The van der Waals surface area contributed by atoms with Gasteiger partial charge in [-0.05, 0) is 104 Å². The van der Waals surface area contributed by atoms with Gasteiger partial charge in [0.25, 0.3) is 11.1 Å². The Bertz CT molecular complexity index is 1340. The second kappa shape index (κ2) is 10.2.